The van der Waals surface area contributed by atoms with Crippen molar-refractivity contribution in [1.29, 1.82) is 0 Å². The van der Waals surface area contributed by atoms with Gasteiger partial charge in [0.2, 0.25) is 0 Å². The summed E-state index contributed by atoms with van der Waals surface area (Å²) in [7, 11) is -2.15. The number of anilines is 1. The number of carbonyl (C=O) groups excluding carboxylic acids is 1. The van der Waals surface area contributed by atoms with Crippen LogP contribution in [-0.2, 0) is 16.4 Å². The van der Waals surface area contributed by atoms with Crippen LogP contribution in [0, 0.1) is 0 Å². The number of fused-ring (bicyclic) bond motifs is 2. The summed E-state index contributed by atoms with van der Waals surface area (Å²) in [5, 5.41) is 0. The highest BCUT2D eigenvalue weighted by Gasteiger charge is 2.36. The summed E-state index contributed by atoms with van der Waals surface area (Å²) in [4.78, 5) is 14.8. The molecule has 7 nitrogen and oxygen atoms in total. The lowest BCUT2D eigenvalue weighted by molar-refractivity contribution is 0.0521. The van der Waals surface area contributed by atoms with Gasteiger partial charge in [0.05, 0.1) is 17.1 Å². The van der Waals surface area contributed by atoms with Gasteiger partial charge in [-0.15, -0.1) is 0 Å². The minimum absolute atomic E-state index is 0.0986. The second-order valence-electron chi connectivity index (χ2n) is 8.69. The molecule has 0 bridgehead atoms. The molecule has 0 fully saturated rings. The van der Waals surface area contributed by atoms with E-state index in [1.165, 1.54) is 21.3 Å². The van der Waals surface area contributed by atoms with Gasteiger partial charge in [0.25, 0.3) is 15.9 Å². The number of hydrogen-bond donors (Lipinski definition) is 0. The number of rotatable bonds is 5. The molecule has 34 heavy (non-hydrogen) atoms. The Balaban J connectivity index is 1.34. The normalized spacial score (nSPS) is 18.9. The van der Waals surface area contributed by atoms with Gasteiger partial charge in [-0.2, -0.15) is 0 Å². The number of sulfonamides is 1. The predicted octanol–water partition coefficient (Wildman–Crippen LogP) is 3.74. The molecule has 0 N–H and O–H groups in total. The van der Waals surface area contributed by atoms with Crippen molar-refractivity contribution in [1.82, 2.24) is 4.90 Å². The molecule has 0 spiro atoms. The minimum Gasteiger partial charge on any atom is -0.486 e. The van der Waals surface area contributed by atoms with Gasteiger partial charge >= 0.3 is 0 Å². The second kappa shape index (κ2) is 8.68. The maximum atomic E-state index is 13.6. The summed E-state index contributed by atoms with van der Waals surface area (Å²) in [6.45, 7) is 2.53. The largest absolute Gasteiger partial charge is 0.486 e. The molecule has 5 rings (SSSR count). The molecule has 3 aromatic rings. The van der Waals surface area contributed by atoms with Crippen molar-refractivity contribution in [2.45, 2.75) is 30.4 Å². The smallest absolute Gasteiger partial charge is 0.264 e. The fraction of sp³-hybridized carbons (Fsp3) is 0.269. The standard InChI is InChI=1S/C26H26N2O5S/c1-18-14-19-8-3-4-11-23(19)28(18)34(30,31)22-10-7-9-20(15-22)26(29)27(2)16-21-17-32-24-12-5-6-13-25(24)33-21/h3-13,15,18,21H,14,16-17H2,1-2H3/t18-,21-/m0/s1. The van der Waals surface area contributed by atoms with Gasteiger partial charge in [-0.05, 0) is 55.3 Å². The first kappa shape index (κ1) is 22.3. The number of likely N-dealkylation sites (N-methyl/N-ethyl adjacent to an activating group) is 1. The van der Waals surface area contributed by atoms with Gasteiger partial charge < -0.3 is 14.4 Å². The van der Waals surface area contributed by atoms with Crippen LogP contribution in [-0.4, -0.2) is 51.6 Å². The van der Waals surface area contributed by atoms with E-state index >= 15 is 0 Å². The van der Waals surface area contributed by atoms with Gasteiger partial charge in [0.15, 0.2) is 17.6 Å². The number of ether oxygens (including phenoxy) is 2. The van der Waals surface area contributed by atoms with Gasteiger partial charge in [-0.1, -0.05) is 36.4 Å². The zero-order valence-corrected chi connectivity index (χ0v) is 19.9. The third kappa shape index (κ3) is 3.98. The first-order valence-corrected chi connectivity index (χ1v) is 12.6. The lowest BCUT2D eigenvalue weighted by atomic mass is 10.1. The first-order valence-electron chi connectivity index (χ1n) is 11.2. The van der Waals surface area contributed by atoms with Crippen LogP contribution in [0.15, 0.2) is 77.7 Å². The van der Waals surface area contributed by atoms with E-state index in [9.17, 15) is 13.2 Å². The quantitative estimate of drug-likeness (QED) is 0.559. The maximum absolute atomic E-state index is 13.6. The lowest BCUT2D eigenvalue weighted by Gasteiger charge is -2.29. The van der Waals surface area contributed by atoms with Crippen LogP contribution in [0.2, 0.25) is 0 Å². The zero-order chi connectivity index (χ0) is 23.9. The van der Waals surface area contributed by atoms with E-state index in [2.05, 4.69) is 0 Å². The average Bonchev–Trinajstić information content (AvgIpc) is 3.20. The van der Waals surface area contributed by atoms with E-state index < -0.39 is 10.0 Å². The molecule has 0 saturated heterocycles. The fourth-order valence-electron chi connectivity index (χ4n) is 4.57. The molecule has 2 heterocycles. The minimum atomic E-state index is -3.83. The highest BCUT2D eigenvalue weighted by molar-refractivity contribution is 7.92. The Morgan fingerprint density at radius 2 is 1.76 bits per heavy atom. The second-order valence-corrected chi connectivity index (χ2v) is 10.5. The summed E-state index contributed by atoms with van der Waals surface area (Å²) in [5.41, 5.74) is 2.00. The molecule has 176 valence electrons. The van der Waals surface area contributed by atoms with Crippen molar-refractivity contribution in [2.75, 3.05) is 24.5 Å². The topological polar surface area (TPSA) is 76.2 Å². The van der Waals surface area contributed by atoms with Gasteiger partial charge in [0, 0.05) is 18.7 Å². The van der Waals surface area contributed by atoms with E-state index in [0.717, 1.165) is 5.56 Å². The van der Waals surface area contributed by atoms with Crippen LogP contribution in [0.4, 0.5) is 5.69 Å². The van der Waals surface area contributed by atoms with E-state index in [1.807, 2.05) is 55.5 Å². The predicted molar refractivity (Wildman–Crippen MR) is 129 cm³/mol. The molecule has 0 saturated carbocycles. The molecular weight excluding hydrogens is 452 g/mol. The van der Waals surface area contributed by atoms with Gasteiger partial charge in [0.1, 0.15) is 6.61 Å². The van der Waals surface area contributed by atoms with Crippen molar-refractivity contribution in [2.24, 2.45) is 0 Å². The first-order chi connectivity index (χ1) is 16.3. The Bertz CT molecular complexity index is 1340. The van der Waals surface area contributed by atoms with Gasteiger partial charge in [-0.25, -0.2) is 8.42 Å². The molecule has 0 radical (unpaired) electrons. The van der Waals surface area contributed by atoms with Crippen LogP contribution in [0.1, 0.15) is 22.8 Å². The fourth-order valence-corrected chi connectivity index (χ4v) is 6.31. The van der Waals surface area contributed by atoms with Crippen LogP contribution >= 0.6 is 0 Å². The zero-order valence-electron chi connectivity index (χ0n) is 19.0. The maximum Gasteiger partial charge on any atom is 0.264 e. The third-order valence-electron chi connectivity index (χ3n) is 6.17. The summed E-state index contributed by atoms with van der Waals surface area (Å²) in [6, 6.07) is 21.0. The molecular formula is C26H26N2O5S. The van der Waals surface area contributed by atoms with Crippen LogP contribution < -0.4 is 13.8 Å². The highest BCUT2D eigenvalue weighted by atomic mass is 32.2. The van der Waals surface area contributed by atoms with E-state index in [4.69, 9.17) is 9.47 Å². The summed E-state index contributed by atoms with van der Waals surface area (Å²) >= 11 is 0. The molecule has 3 aromatic carbocycles. The SMILES string of the molecule is C[C@H]1Cc2ccccc2N1S(=O)(=O)c1cccc(C(=O)N(C)C[C@H]2COc3ccccc3O2)c1. The van der Waals surface area contributed by atoms with Crippen molar-refractivity contribution in [3.8, 4) is 11.5 Å². The number of hydrogen-bond acceptors (Lipinski definition) is 5. The molecule has 0 aromatic heterocycles. The Morgan fingerprint density at radius 1 is 1.03 bits per heavy atom. The monoisotopic (exact) mass is 478 g/mol. The molecule has 0 aliphatic carbocycles. The molecule has 0 unspecified atom stereocenters. The van der Waals surface area contributed by atoms with Crippen molar-refractivity contribution >= 4 is 21.6 Å². The Labute approximate surface area is 199 Å². The van der Waals surface area contributed by atoms with Crippen LogP contribution in [0.25, 0.3) is 0 Å². The van der Waals surface area contributed by atoms with Crippen LogP contribution in [0.3, 0.4) is 0 Å². The molecule has 2 atom stereocenters. The van der Waals surface area contributed by atoms with Crippen LogP contribution in [0.5, 0.6) is 11.5 Å². The highest BCUT2D eigenvalue weighted by Crippen LogP contribution is 2.36. The van der Waals surface area contributed by atoms with Crippen molar-refractivity contribution in [3.05, 3.63) is 83.9 Å². The molecule has 2 aliphatic heterocycles. The number of para-hydroxylation sites is 3. The number of benzene rings is 3. The Hall–Kier alpha value is -3.52. The van der Waals surface area contributed by atoms with Gasteiger partial charge in [-0.3, -0.25) is 9.10 Å². The molecule has 1 amide bonds. The molecule has 8 heteroatoms. The Kier molecular flexibility index (Phi) is 5.69. The number of carbonyl (C=O) groups is 1. The number of nitrogens with zero attached hydrogens (tertiary/aromatic N) is 2. The van der Waals surface area contributed by atoms with E-state index in [0.29, 0.717) is 42.3 Å². The number of amides is 1. The average molecular weight is 479 g/mol. The van der Waals surface area contributed by atoms with E-state index in [-0.39, 0.29) is 22.9 Å². The third-order valence-corrected chi connectivity index (χ3v) is 8.10. The lowest BCUT2D eigenvalue weighted by Crippen LogP contribution is -2.41. The Morgan fingerprint density at radius 3 is 2.59 bits per heavy atom. The summed E-state index contributed by atoms with van der Waals surface area (Å²) < 4.78 is 40.3. The molecule has 2 aliphatic rings. The van der Waals surface area contributed by atoms with Crippen molar-refractivity contribution < 1.29 is 22.7 Å². The summed E-state index contributed by atoms with van der Waals surface area (Å²) in [5.74, 6) is 1.05. The van der Waals surface area contributed by atoms with Crippen molar-refractivity contribution in [3.63, 3.8) is 0 Å². The van der Waals surface area contributed by atoms with E-state index in [1.54, 1.807) is 19.2 Å². The summed E-state index contributed by atoms with van der Waals surface area (Å²) in [6.07, 6.45) is 0.335.